The smallest absolute Gasteiger partial charge is 0.271 e. The molecule has 1 aromatic carbocycles. The fourth-order valence-corrected chi connectivity index (χ4v) is 2.93. The number of nitro groups is 1. The van der Waals surface area contributed by atoms with Gasteiger partial charge in [-0.25, -0.2) is 0 Å². The van der Waals surface area contributed by atoms with Crippen LogP contribution in [0.2, 0.25) is 0 Å². The molecule has 1 saturated heterocycles. The van der Waals surface area contributed by atoms with Gasteiger partial charge in [0.05, 0.1) is 4.92 Å². The van der Waals surface area contributed by atoms with Gasteiger partial charge >= 0.3 is 0 Å². The third-order valence-corrected chi connectivity index (χ3v) is 4.17. The minimum Gasteiger partial charge on any atom is -0.367 e. The summed E-state index contributed by atoms with van der Waals surface area (Å²) in [6.45, 7) is 8.27. The van der Waals surface area contributed by atoms with Gasteiger partial charge < -0.3 is 10.2 Å². The van der Waals surface area contributed by atoms with Crippen LogP contribution in [0.4, 0.5) is 11.4 Å². The van der Waals surface area contributed by atoms with E-state index in [0.29, 0.717) is 12.1 Å². The highest BCUT2D eigenvalue weighted by Crippen LogP contribution is 2.28. The molecule has 0 spiro atoms. The van der Waals surface area contributed by atoms with Crippen LogP contribution in [0.5, 0.6) is 0 Å². The molecule has 0 aromatic heterocycles. The number of hydrogen-bond acceptors (Lipinski definition) is 4. The number of nitro benzene ring substituents is 1. The minimum atomic E-state index is -0.319. The van der Waals surface area contributed by atoms with Gasteiger partial charge in [0.15, 0.2) is 0 Å². The van der Waals surface area contributed by atoms with Crippen LogP contribution < -0.4 is 10.2 Å². The zero-order chi connectivity index (χ0) is 15.4. The molecule has 2 rings (SSSR count). The third-order valence-electron chi connectivity index (χ3n) is 4.17. The molecule has 5 heteroatoms. The maximum Gasteiger partial charge on any atom is 0.271 e. The van der Waals surface area contributed by atoms with Gasteiger partial charge in [-0.2, -0.15) is 0 Å². The van der Waals surface area contributed by atoms with Crippen molar-refractivity contribution < 1.29 is 4.92 Å². The second-order valence-corrected chi connectivity index (χ2v) is 6.12. The summed E-state index contributed by atoms with van der Waals surface area (Å²) < 4.78 is 0. The van der Waals surface area contributed by atoms with E-state index in [2.05, 4.69) is 24.1 Å². The normalized spacial score (nSPS) is 18.8. The van der Waals surface area contributed by atoms with Crippen molar-refractivity contribution in [2.45, 2.75) is 52.1 Å². The molecule has 0 saturated carbocycles. The van der Waals surface area contributed by atoms with E-state index in [1.165, 1.54) is 19.3 Å². The van der Waals surface area contributed by atoms with Gasteiger partial charge in [0, 0.05) is 36.4 Å². The van der Waals surface area contributed by atoms with E-state index >= 15 is 0 Å². The quantitative estimate of drug-likeness (QED) is 0.668. The number of benzene rings is 1. The van der Waals surface area contributed by atoms with Crippen LogP contribution in [0.3, 0.4) is 0 Å². The maximum atomic E-state index is 11.0. The van der Waals surface area contributed by atoms with E-state index < -0.39 is 0 Å². The van der Waals surface area contributed by atoms with Crippen molar-refractivity contribution in [2.75, 3.05) is 18.0 Å². The monoisotopic (exact) mass is 291 g/mol. The third kappa shape index (κ3) is 3.94. The zero-order valence-corrected chi connectivity index (χ0v) is 13.1. The molecule has 0 aliphatic carbocycles. The van der Waals surface area contributed by atoms with Gasteiger partial charge in [-0.15, -0.1) is 0 Å². The van der Waals surface area contributed by atoms with Crippen molar-refractivity contribution in [1.29, 1.82) is 0 Å². The first-order valence-corrected chi connectivity index (χ1v) is 7.74. The molecule has 1 unspecified atom stereocenters. The Balaban J connectivity index is 2.24. The number of piperidine rings is 1. The van der Waals surface area contributed by atoms with Gasteiger partial charge in [-0.1, -0.05) is 12.5 Å². The Morgan fingerprint density at radius 1 is 1.43 bits per heavy atom. The number of nitrogens with one attached hydrogen (secondary N) is 1. The molecule has 1 N–H and O–H groups in total. The Hall–Kier alpha value is -1.62. The number of anilines is 1. The lowest BCUT2D eigenvalue weighted by Crippen LogP contribution is -2.46. The van der Waals surface area contributed by atoms with Crippen LogP contribution in [-0.2, 0) is 0 Å². The van der Waals surface area contributed by atoms with E-state index in [1.54, 1.807) is 12.1 Å². The average Bonchev–Trinajstić information content (AvgIpc) is 2.46. The summed E-state index contributed by atoms with van der Waals surface area (Å²) >= 11 is 0. The molecule has 1 fully saturated rings. The molecule has 116 valence electrons. The Kier molecular flexibility index (Phi) is 5.17. The molecule has 5 nitrogen and oxygen atoms in total. The SMILES string of the molecule is Cc1ccc([N+](=O)[O-])cc1N(CC1CCCCN1)C(C)C. The lowest BCUT2D eigenvalue weighted by Gasteiger charge is -2.35. The van der Waals surface area contributed by atoms with Gasteiger partial charge in [-0.05, 0) is 45.7 Å². The molecule has 0 amide bonds. The lowest BCUT2D eigenvalue weighted by molar-refractivity contribution is -0.384. The lowest BCUT2D eigenvalue weighted by atomic mass is 10.0. The molecule has 21 heavy (non-hydrogen) atoms. The fraction of sp³-hybridized carbons (Fsp3) is 0.625. The molecular formula is C16H25N3O2. The molecule has 1 aliphatic rings. The van der Waals surface area contributed by atoms with Crippen LogP contribution in [0.15, 0.2) is 18.2 Å². The van der Waals surface area contributed by atoms with Crippen LogP contribution in [0.25, 0.3) is 0 Å². The Morgan fingerprint density at radius 2 is 2.19 bits per heavy atom. The predicted molar refractivity (Wildman–Crippen MR) is 86.0 cm³/mol. The molecule has 0 bridgehead atoms. The van der Waals surface area contributed by atoms with Crippen molar-refractivity contribution in [3.05, 3.63) is 33.9 Å². The van der Waals surface area contributed by atoms with E-state index in [4.69, 9.17) is 0 Å². The van der Waals surface area contributed by atoms with Gasteiger partial charge in [0.25, 0.3) is 5.69 Å². The largest absolute Gasteiger partial charge is 0.367 e. The van der Waals surface area contributed by atoms with Crippen molar-refractivity contribution in [1.82, 2.24) is 5.32 Å². The summed E-state index contributed by atoms with van der Waals surface area (Å²) in [5, 5.41) is 14.6. The van der Waals surface area contributed by atoms with E-state index in [9.17, 15) is 10.1 Å². The summed E-state index contributed by atoms with van der Waals surface area (Å²) in [4.78, 5) is 13.0. The maximum absolute atomic E-state index is 11.0. The summed E-state index contributed by atoms with van der Waals surface area (Å²) in [5.74, 6) is 0. The first-order valence-electron chi connectivity index (χ1n) is 7.74. The molecule has 0 radical (unpaired) electrons. The zero-order valence-electron chi connectivity index (χ0n) is 13.1. The van der Waals surface area contributed by atoms with Crippen LogP contribution >= 0.6 is 0 Å². The van der Waals surface area contributed by atoms with Crippen LogP contribution in [0, 0.1) is 17.0 Å². The molecule has 1 heterocycles. The van der Waals surface area contributed by atoms with Crippen molar-refractivity contribution in [3.63, 3.8) is 0 Å². The Bertz CT molecular complexity index is 496. The second-order valence-electron chi connectivity index (χ2n) is 6.12. The summed E-state index contributed by atoms with van der Waals surface area (Å²) in [6.07, 6.45) is 3.68. The van der Waals surface area contributed by atoms with Crippen LogP contribution in [-0.4, -0.2) is 30.1 Å². The summed E-state index contributed by atoms with van der Waals surface area (Å²) in [6, 6.07) is 5.92. The van der Waals surface area contributed by atoms with Gasteiger partial charge in [0.2, 0.25) is 0 Å². The van der Waals surface area contributed by atoms with Crippen molar-refractivity contribution >= 4 is 11.4 Å². The van der Waals surface area contributed by atoms with Crippen molar-refractivity contribution in [2.24, 2.45) is 0 Å². The highest BCUT2D eigenvalue weighted by atomic mass is 16.6. The number of aryl methyl sites for hydroxylation is 1. The summed E-state index contributed by atoms with van der Waals surface area (Å²) in [7, 11) is 0. The molecular weight excluding hydrogens is 266 g/mol. The minimum absolute atomic E-state index is 0.165. The predicted octanol–water partition coefficient (Wildman–Crippen LogP) is 3.26. The average molecular weight is 291 g/mol. The summed E-state index contributed by atoms with van der Waals surface area (Å²) in [5.41, 5.74) is 2.23. The first-order chi connectivity index (χ1) is 9.99. The number of rotatable bonds is 5. The Morgan fingerprint density at radius 3 is 2.76 bits per heavy atom. The van der Waals surface area contributed by atoms with E-state index in [0.717, 1.165) is 24.3 Å². The highest BCUT2D eigenvalue weighted by molar-refractivity contribution is 5.59. The fourth-order valence-electron chi connectivity index (χ4n) is 2.93. The van der Waals surface area contributed by atoms with Crippen molar-refractivity contribution in [3.8, 4) is 0 Å². The molecule has 1 atom stereocenters. The van der Waals surface area contributed by atoms with Crippen LogP contribution in [0.1, 0.15) is 38.7 Å². The van der Waals surface area contributed by atoms with E-state index in [1.807, 2.05) is 13.0 Å². The van der Waals surface area contributed by atoms with E-state index in [-0.39, 0.29) is 10.6 Å². The highest BCUT2D eigenvalue weighted by Gasteiger charge is 2.21. The molecule has 1 aromatic rings. The standard InChI is InChI=1S/C16H25N3O2/c1-12(2)18(11-14-6-4-5-9-17-14)16-10-15(19(20)21)8-7-13(16)3/h7-8,10,12,14,17H,4-6,9,11H2,1-3H3. The number of hydrogen-bond donors (Lipinski definition) is 1. The second kappa shape index (κ2) is 6.89. The number of non-ortho nitro benzene ring substituents is 1. The Labute approximate surface area is 126 Å². The molecule has 1 aliphatic heterocycles. The topological polar surface area (TPSA) is 58.4 Å². The van der Waals surface area contributed by atoms with Gasteiger partial charge in [-0.3, -0.25) is 10.1 Å². The first kappa shape index (κ1) is 15.8. The van der Waals surface area contributed by atoms with Gasteiger partial charge in [0.1, 0.15) is 0 Å². The number of nitrogens with zero attached hydrogens (tertiary/aromatic N) is 2.